The maximum absolute atomic E-state index is 11.5. The zero-order chi connectivity index (χ0) is 13.9. The van der Waals surface area contributed by atoms with E-state index in [1.54, 1.807) is 16.0 Å². The number of thiophene rings is 1. The van der Waals surface area contributed by atoms with Crippen LogP contribution in [0.15, 0.2) is 16.8 Å². The number of rotatable bonds is 6. The van der Waals surface area contributed by atoms with E-state index in [2.05, 4.69) is 15.5 Å². The number of nitrogens with zero attached hydrogens (tertiary/aromatic N) is 4. The molecule has 102 valence electrons. The van der Waals surface area contributed by atoms with Gasteiger partial charge in [0, 0.05) is 10.9 Å². The zero-order valence-electron chi connectivity index (χ0n) is 10.9. The molecule has 2 aromatic rings. The summed E-state index contributed by atoms with van der Waals surface area (Å²) >= 11 is 1.56. The average molecular weight is 280 g/mol. The van der Waals surface area contributed by atoms with Crippen molar-refractivity contribution in [3.8, 4) is 11.4 Å². The largest absolute Gasteiger partial charge is 0.481 e. The van der Waals surface area contributed by atoms with Gasteiger partial charge in [0.2, 0.25) is 0 Å². The SMILES string of the molecule is CCC(CC)(Cn1nnnc1-c1ccsc1)C(=O)O. The Morgan fingerprint density at radius 2 is 2.21 bits per heavy atom. The first-order valence-electron chi connectivity index (χ1n) is 6.15. The molecule has 0 fully saturated rings. The van der Waals surface area contributed by atoms with Crippen molar-refractivity contribution in [2.24, 2.45) is 5.41 Å². The Labute approximate surface area is 115 Å². The van der Waals surface area contributed by atoms with Crippen molar-refractivity contribution in [1.82, 2.24) is 20.2 Å². The van der Waals surface area contributed by atoms with Gasteiger partial charge >= 0.3 is 5.97 Å². The molecule has 0 unspecified atom stereocenters. The van der Waals surface area contributed by atoms with E-state index >= 15 is 0 Å². The second-order valence-corrected chi connectivity index (χ2v) is 5.24. The third-order valence-corrected chi connectivity index (χ3v) is 4.25. The quantitative estimate of drug-likeness (QED) is 0.878. The number of carboxylic acids is 1. The first kappa shape index (κ1) is 13.7. The molecule has 0 aliphatic heterocycles. The highest BCUT2D eigenvalue weighted by molar-refractivity contribution is 7.08. The molecule has 0 aliphatic carbocycles. The minimum absolute atomic E-state index is 0.285. The summed E-state index contributed by atoms with van der Waals surface area (Å²) in [5, 5.41) is 24.9. The maximum Gasteiger partial charge on any atom is 0.311 e. The van der Waals surface area contributed by atoms with Gasteiger partial charge in [0.1, 0.15) is 0 Å². The third-order valence-electron chi connectivity index (χ3n) is 3.57. The molecule has 2 rings (SSSR count). The van der Waals surface area contributed by atoms with Gasteiger partial charge in [-0.1, -0.05) is 13.8 Å². The second-order valence-electron chi connectivity index (χ2n) is 4.46. The summed E-state index contributed by atoms with van der Waals surface area (Å²) in [5.74, 6) is -0.182. The molecule has 0 aromatic carbocycles. The molecule has 0 aliphatic rings. The molecule has 7 heteroatoms. The van der Waals surface area contributed by atoms with E-state index in [9.17, 15) is 9.90 Å². The van der Waals surface area contributed by atoms with E-state index in [4.69, 9.17) is 0 Å². The summed E-state index contributed by atoms with van der Waals surface area (Å²) in [4.78, 5) is 11.5. The highest BCUT2D eigenvalue weighted by Crippen LogP contribution is 2.30. The first-order valence-corrected chi connectivity index (χ1v) is 7.09. The Kier molecular flexibility index (Phi) is 3.94. The van der Waals surface area contributed by atoms with E-state index in [-0.39, 0.29) is 6.54 Å². The van der Waals surface area contributed by atoms with E-state index in [1.807, 2.05) is 30.7 Å². The minimum atomic E-state index is -0.819. The normalized spacial score (nSPS) is 11.7. The fourth-order valence-corrected chi connectivity index (χ4v) is 2.67. The molecule has 2 aromatic heterocycles. The Balaban J connectivity index is 2.34. The van der Waals surface area contributed by atoms with Crippen LogP contribution in [0, 0.1) is 5.41 Å². The summed E-state index contributed by atoms with van der Waals surface area (Å²) in [7, 11) is 0. The van der Waals surface area contributed by atoms with Crippen LogP contribution in [0.4, 0.5) is 0 Å². The van der Waals surface area contributed by atoms with Gasteiger partial charge in [0.15, 0.2) is 5.82 Å². The van der Waals surface area contributed by atoms with Gasteiger partial charge < -0.3 is 5.11 Å². The lowest BCUT2D eigenvalue weighted by atomic mass is 9.82. The van der Waals surface area contributed by atoms with Crippen LogP contribution in [0.2, 0.25) is 0 Å². The van der Waals surface area contributed by atoms with E-state index < -0.39 is 11.4 Å². The fraction of sp³-hybridized carbons (Fsp3) is 0.500. The molecule has 0 radical (unpaired) electrons. The van der Waals surface area contributed by atoms with Crippen LogP contribution in [-0.4, -0.2) is 31.3 Å². The number of tetrazole rings is 1. The molecule has 6 nitrogen and oxygen atoms in total. The number of hydrogen-bond donors (Lipinski definition) is 1. The van der Waals surface area contributed by atoms with Crippen LogP contribution in [0.1, 0.15) is 26.7 Å². The summed E-state index contributed by atoms with van der Waals surface area (Å²) < 4.78 is 1.59. The van der Waals surface area contributed by atoms with Crippen molar-refractivity contribution in [3.05, 3.63) is 16.8 Å². The van der Waals surface area contributed by atoms with E-state index in [1.165, 1.54) is 0 Å². The Morgan fingerprint density at radius 1 is 1.47 bits per heavy atom. The molecular formula is C12H16N4O2S. The third kappa shape index (κ3) is 2.51. The highest BCUT2D eigenvalue weighted by Gasteiger charge is 2.36. The van der Waals surface area contributed by atoms with Crippen LogP contribution in [0.5, 0.6) is 0 Å². The number of aromatic nitrogens is 4. The van der Waals surface area contributed by atoms with Crippen LogP contribution in [0.25, 0.3) is 11.4 Å². The molecule has 19 heavy (non-hydrogen) atoms. The summed E-state index contributed by atoms with van der Waals surface area (Å²) in [5.41, 5.74) is 0.0988. The number of carbonyl (C=O) groups is 1. The predicted octanol–water partition coefficient (Wildman–Crippen LogP) is 2.29. The zero-order valence-corrected chi connectivity index (χ0v) is 11.7. The summed E-state index contributed by atoms with van der Waals surface area (Å²) in [6.07, 6.45) is 1.09. The summed E-state index contributed by atoms with van der Waals surface area (Å²) in [6, 6.07) is 1.92. The van der Waals surface area contributed by atoms with Crippen LogP contribution < -0.4 is 0 Å². The Bertz CT molecular complexity index is 546. The lowest BCUT2D eigenvalue weighted by Gasteiger charge is -2.26. The highest BCUT2D eigenvalue weighted by atomic mass is 32.1. The van der Waals surface area contributed by atoms with Gasteiger partial charge in [-0.3, -0.25) is 4.79 Å². The van der Waals surface area contributed by atoms with Crippen LogP contribution in [0.3, 0.4) is 0 Å². The van der Waals surface area contributed by atoms with Crippen LogP contribution >= 0.6 is 11.3 Å². The van der Waals surface area contributed by atoms with Gasteiger partial charge in [0.25, 0.3) is 0 Å². The second kappa shape index (κ2) is 5.48. The van der Waals surface area contributed by atoms with Crippen molar-refractivity contribution in [1.29, 1.82) is 0 Å². The maximum atomic E-state index is 11.5. The summed E-state index contributed by atoms with van der Waals surface area (Å²) in [6.45, 7) is 4.05. The Morgan fingerprint density at radius 3 is 2.74 bits per heavy atom. The predicted molar refractivity (Wildman–Crippen MR) is 71.8 cm³/mol. The number of aliphatic carboxylic acids is 1. The molecule has 0 bridgehead atoms. The Hall–Kier alpha value is -1.76. The van der Waals surface area contributed by atoms with Crippen molar-refractivity contribution < 1.29 is 9.90 Å². The van der Waals surface area contributed by atoms with Gasteiger partial charge in [-0.2, -0.15) is 11.3 Å². The van der Waals surface area contributed by atoms with Gasteiger partial charge in [-0.05, 0) is 34.7 Å². The van der Waals surface area contributed by atoms with Crippen molar-refractivity contribution in [3.63, 3.8) is 0 Å². The van der Waals surface area contributed by atoms with Crippen molar-refractivity contribution in [2.75, 3.05) is 0 Å². The monoisotopic (exact) mass is 280 g/mol. The minimum Gasteiger partial charge on any atom is -0.481 e. The van der Waals surface area contributed by atoms with Crippen molar-refractivity contribution in [2.45, 2.75) is 33.2 Å². The number of carboxylic acid groups (broad SMARTS) is 1. The molecule has 0 spiro atoms. The molecule has 1 N–H and O–H groups in total. The fourth-order valence-electron chi connectivity index (χ4n) is 2.04. The lowest BCUT2D eigenvalue weighted by Crippen LogP contribution is -2.35. The van der Waals surface area contributed by atoms with E-state index in [0.717, 1.165) is 5.56 Å². The molecule has 0 saturated carbocycles. The van der Waals surface area contributed by atoms with Gasteiger partial charge in [-0.25, -0.2) is 4.68 Å². The van der Waals surface area contributed by atoms with E-state index in [0.29, 0.717) is 18.7 Å². The standard InChI is InChI=1S/C12H16N4O2S/c1-3-12(4-2,11(17)18)8-16-10(13-14-15-16)9-5-6-19-7-9/h5-7H,3-4,8H2,1-2H3,(H,17,18). The van der Waals surface area contributed by atoms with Gasteiger partial charge in [0.05, 0.1) is 12.0 Å². The van der Waals surface area contributed by atoms with Gasteiger partial charge in [-0.15, -0.1) is 5.10 Å². The first-order chi connectivity index (χ1) is 9.13. The average Bonchev–Trinajstić information content (AvgIpc) is 3.06. The molecule has 0 amide bonds. The smallest absolute Gasteiger partial charge is 0.311 e. The van der Waals surface area contributed by atoms with Crippen molar-refractivity contribution >= 4 is 17.3 Å². The molecule has 2 heterocycles. The molecular weight excluding hydrogens is 264 g/mol. The lowest BCUT2D eigenvalue weighted by molar-refractivity contribution is -0.150. The molecule has 0 saturated heterocycles. The van der Waals surface area contributed by atoms with Crippen LogP contribution in [-0.2, 0) is 11.3 Å². The number of hydrogen-bond acceptors (Lipinski definition) is 5. The topological polar surface area (TPSA) is 80.9 Å². The molecule has 0 atom stereocenters.